The van der Waals surface area contributed by atoms with Crippen LogP contribution in [0.3, 0.4) is 0 Å². The summed E-state index contributed by atoms with van der Waals surface area (Å²) in [5.41, 5.74) is 1.02. The number of rotatable bonds is 10. The zero-order valence-electron chi connectivity index (χ0n) is 22.6. The molecule has 1 aliphatic carbocycles. The maximum atomic E-state index is 14.0. The molecule has 41 heavy (non-hydrogen) atoms. The number of halogens is 3. The first-order valence-electron chi connectivity index (χ1n) is 13.4. The number of nitrogens with one attached hydrogen (secondary N) is 1. The molecule has 0 spiro atoms. The summed E-state index contributed by atoms with van der Waals surface area (Å²) < 4.78 is 29.6. The van der Waals surface area contributed by atoms with Crippen LogP contribution >= 0.6 is 39.1 Å². The SMILES string of the molecule is C[C@H](C(=O)NC1CCCCC1)N(Cc1cccc(Br)c1)C(=O)CN(c1cccc(Cl)c1)S(=O)(=O)c1ccc(Cl)cc1. The number of anilines is 1. The Balaban J connectivity index is 1.68. The predicted molar refractivity (Wildman–Crippen MR) is 167 cm³/mol. The number of benzene rings is 3. The van der Waals surface area contributed by atoms with Gasteiger partial charge in [0, 0.05) is 27.1 Å². The van der Waals surface area contributed by atoms with Crippen molar-refractivity contribution >= 4 is 66.7 Å². The maximum Gasteiger partial charge on any atom is 0.264 e. The standard InChI is InChI=1S/C30H32BrCl2N3O4S/c1-21(30(38)34-26-10-3-2-4-11-26)35(19-22-7-5-8-23(31)17-22)29(37)20-36(27-12-6-9-25(33)18-27)41(39,40)28-15-13-24(32)14-16-28/h5-9,12-18,21,26H,2-4,10-11,19-20H2,1H3,(H,34,38)/t21-/m1/s1. The third kappa shape index (κ3) is 8.25. The Bertz CT molecular complexity index is 1480. The summed E-state index contributed by atoms with van der Waals surface area (Å²) in [6.45, 7) is 1.24. The maximum absolute atomic E-state index is 14.0. The van der Waals surface area contributed by atoms with E-state index in [1.807, 2.05) is 24.3 Å². The first kappa shape index (κ1) is 31.3. The van der Waals surface area contributed by atoms with Crippen molar-refractivity contribution in [2.45, 2.75) is 62.6 Å². The van der Waals surface area contributed by atoms with Gasteiger partial charge in [-0.1, -0.05) is 76.6 Å². The topological polar surface area (TPSA) is 86.8 Å². The molecule has 0 unspecified atom stereocenters. The van der Waals surface area contributed by atoms with Crippen molar-refractivity contribution in [1.82, 2.24) is 10.2 Å². The minimum absolute atomic E-state index is 0.0312. The molecule has 0 radical (unpaired) electrons. The fourth-order valence-corrected chi connectivity index (χ4v) is 7.04. The lowest BCUT2D eigenvalue weighted by Crippen LogP contribution is -2.53. The van der Waals surface area contributed by atoms with Crippen LogP contribution in [-0.4, -0.2) is 43.8 Å². The van der Waals surface area contributed by atoms with Gasteiger partial charge in [0.2, 0.25) is 11.8 Å². The number of amides is 2. The highest BCUT2D eigenvalue weighted by atomic mass is 79.9. The summed E-state index contributed by atoms with van der Waals surface area (Å²) in [4.78, 5) is 28.8. The number of carbonyl (C=O) groups is 2. The Hall–Kier alpha value is -2.59. The highest BCUT2D eigenvalue weighted by molar-refractivity contribution is 9.10. The fraction of sp³-hybridized carbons (Fsp3) is 0.333. The van der Waals surface area contributed by atoms with Crippen LogP contribution < -0.4 is 9.62 Å². The zero-order valence-corrected chi connectivity index (χ0v) is 26.5. The molecule has 4 rings (SSSR count). The summed E-state index contributed by atoms with van der Waals surface area (Å²) in [6.07, 6.45) is 5.06. The van der Waals surface area contributed by atoms with E-state index in [9.17, 15) is 18.0 Å². The van der Waals surface area contributed by atoms with Gasteiger partial charge in [-0.3, -0.25) is 13.9 Å². The molecule has 1 fully saturated rings. The van der Waals surface area contributed by atoms with E-state index >= 15 is 0 Å². The third-order valence-electron chi connectivity index (χ3n) is 7.14. The van der Waals surface area contributed by atoms with Gasteiger partial charge in [0.05, 0.1) is 10.6 Å². The first-order chi connectivity index (χ1) is 19.5. The summed E-state index contributed by atoms with van der Waals surface area (Å²) in [6, 6.07) is 18.7. The van der Waals surface area contributed by atoms with Crippen molar-refractivity contribution < 1.29 is 18.0 Å². The molecule has 218 valence electrons. The van der Waals surface area contributed by atoms with Crippen LogP contribution in [0.25, 0.3) is 0 Å². The molecular formula is C30H32BrCl2N3O4S. The van der Waals surface area contributed by atoms with Gasteiger partial charge in [-0.2, -0.15) is 0 Å². The van der Waals surface area contributed by atoms with E-state index in [1.54, 1.807) is 25.1 Å². The van der Waals surface area contributed by atoms with E-state index < -0.39 is 28.5 Å². The minimum Gasteiger partial charge on any atom is -0.352 e. The van der Waals surface area contributed by atoms with Crippen LogP contribution in [0.15, 0.2) is 82.2 Å². The normalized spacial score (nSPS) is 14.7. The Labute approximate surface area is 260 Å². The Morgan fingerprint density at radius 2 is 1.63 bits per heavy atom. The second-order valence-electron chi connectivity index (χ2n) is 10.1. The van der Waals surface area contributed by atoms with Crippen molar-refractivity contribution in [2.24, 2.45) is 0 Å². The second-order valence-corrected chi connectivity index (χ2v) is 13.8. The molecule has 2 amide bonds. The van der Waals surface area contributed by atoms with Gasteiger partial charge in [-0.05, 0) is 79.9 Å². The summed E-state index contributed by atoms with van der Waals surface area (Å²) >= 11 is 15.7. The minimum atomic E-state index is -4.20. The quantitative estimate of drug-likeness (QED) is 0.255. The summed E-state index contributed by atoms with van der Waals surface area (Å²) in [5.74, 6) is -0.802. The van der Waals surface area contributed by atoms with Gasteiger partial charge in [0.15, 0.2) is 0 Å². The van der Waals surface area contributed by atoms with E-state index in [1.165, 1.54) is 35.2 Å². The monoisotopic (exact) mass is 679 g/mol. The Kier molecular flexibility index (Phi) is 10.7. The highest BCUT2D eigenvalue weighted by Crippen LogP contribution is 2.28. The van der Waals surface area contributed by atoms with Crippen LogP contribution in [-0.2, 0) is 26.2 Å². The number of sulfonamides is 1. The lowest BCUT2D eigenvalue weighted by Gasteiger charge is -2.33. The van der Waals surface area contributed by atoms with E-state index in [0.29, 0.717) is 10.0 Å². The molecule has 1 saturated carbocycles. The largest absolute Gasteiger partial charge is 0.352 e. The Morgan fingerprint density at radius 1 is 0.951 bits per heavy atom. The average Bonchev–Trinajstić information content (AvgIpc) is 2.95. The smallest absolute Gasteiger partial charge is 0.264 e. The first-order valence-corrected chi connectivity index (χ1v) is 16.4. The molecule has 11 heteroatoms. The van der Waals surface area contributed by atoms with Gasteiger partial charge in [0.1, 0.15) is 12.6 Å². The molecule has 0 saturated heterocycles. The number of hydrogen-bond acceptors (Lipinski definition) is 4. The van der Waals surface area contributed by atoms with Crippen LogP contribution in [0.2, 0.25) is 10.0 Å². The lowest BCUT2D eigenvalue weighted by atomic mass is 9.95. The van der Waals surface area contributed by atoms with E-state index in [4.69, 9.17) is 23.2 Å². The van der Waals surface area contributed by atoms with Crippen molar-refractivity contribution in [1.29, 1.82) is 0 Å². The van der Waals surface area contributed by atoms with Gasteiger partial charge in [-0.25, -0.2) is 8.42 Å². The van der Waals surface area contributed by atoms with Gasteiger partial charge < -0.3 is 10.2 Å². The van der Waals surface area contributed by atoms with E-state index in [0.717, 1.165) is 46.4 Å². The zero-order chi connectivity index (χ0) is 29.6. The molecule has 3 aromatic rings. The predicted octanol–water partition coefficient (Wildman–Crippen LogP) is 6.82. The van der Waals surface area contributed by atoms with Crippen LogP contribution in [0.5, 0.6) is 0 Å². The van der Waals surface area contributed by atoms with Gasteiger partial charge in [-0.15, -0.1) is 0 Å². The third-order valence-corrected chi connectivity index (χ3v) is 9.91. The highest BCUT2D eigenvalue weighted by Gasteiger charge is 2.33. The molecule has 3 aromatic carbocycles. The van der Waals surface area contributed by atoms with Crippen molar-refractivity contribution in [2.75, 3.05) is 10.8 Å². The van der Waals surface area contributed by atoms with Crippen LogP contribution in [0.1, 0.15) is 44.6 Å². The molecule has 1 aliphatic rings. The molecule has 0 aromatic heterocycles. The number of hydrogen-bond donors (Lipinski definition) is 1. The average molecular weight is 681 g/mol. The molecule has 0 bridgehead atoms. The van der Waals surface area contributed by atoms with Gasteiger partial charge >= 0.3 is 0 Å². The second kappa shape index (κ2) is 14.1. The van der Waals surface area contributed by atoms with E-state index in [-0.39, 0.29) is 29.1 Å². The fourth-order valence-electron chi connectivity index (χ4n) is 4.88. The summed E-state index contributed by atoms with van der Waals surface area (Å²) in [7, 11) is -4.20. The molecule has 1 atom stereocenters. The molecule has 7 nitrogen and oxygen atoms in total. The lowest BCUT2D eigenvalue weighted by molar-refractivity contribution is -0.139. The Morgan fingerprint density at radius 3 is 2.29 bits per heavy atom. The molecule has 0 aliphatic heterocycles. The van der Waals surface area contributed by atoms with Crippen molar-refractivity contribution in [3.8, 4) is 0 Å². The molecular weight excluding hydrogens is 649 g/mol. The molecule has 0 heterocycles. The van der Waals surface area contributed by atoms with Gasteiger partial charge in [0.25, 0.3) is 10.0 Å². The van der Waals surface area contributed by atoms with E-state index in [2.05, 4.69) is 21.2 Å². The number of carbonyl (C=O) groups excluding carboxylic acids is 2. The van der Waals surface area contributed by atoms with Crippen molar-refractivity contribution in [3.05, 3.63) is 92.9 Å². The summed E-state index contributed by atoms with van der Waals surface area (Å²) in [5, 5.41) is 3.80. The number of nitrogens with zero attached hydrogens (tertiary/aromatic N) is 2. The van der Waals surface area contributed by atoms with Crippen LogP contribution in [0.4, 0.5) is 5.69 Å². The molecule has 1 N–H and O–H groups in total. The van der Waals surface area contributed by atoms with Crippen LogP contribution in [0, 0.1) is 0 Å². The van der Waals surface area contributed by atoms with Crippen molar-refractivity contribution in [3.63, 3.8) is 0 Å².